The Morgan fingerprint density at radius 2 is 2.28 bits per heavy atom. The Balaban J connectivity index is 1.93. The molecule has 1 saturated heterocycles. The highest BCUT2D eigenvalue weighted by molar-refractivity contribution is 5.92. The molecule has 1 aliphatic heterocycles. The van der Waals surface area contributed by atoms with Crippen molar-refractivity contribution in [1.29, 1.82) is 0 Å². The van der Waals surface area contributed by atoms with Gasteiger partial charge in [0.15, 0.2) is 0 Å². The fraction of sp³-hybridized carbons (Fsp3) is 0.500. The Hall–Kier alpha value is -1.55. The maximum atomic E-state index is 12.3. The molecule has 1 amide bonds. The smallest absolute Gasteiger partial charge is 0.244 e. The third-order valence-corrected chi connectivity index (χ3v) is 3.90. The summed E-state index contributed by atoms with van der Waals surface area (Å²) in [4.78, 5) is 14.2. The van der Waals surface area contributed by atoms with Crippen molar-refractivity contribution in [2.24, 2.45) is 0 Å². The predicted molar refractivity (Wildman–Crippen MR) is 68.2 cm³/mol. The van der Waals surface area contributed by atoms with Crippen LogP contribution >= 0.6 is 0 Å². The lowest BCUT2D eigenvalue weighted by molar-refractivity contribution is -0.130. The van der Waals surface area contributed by atoms with Gasteiger partial charge in [-0.2, -0.15) is 0 Å². The average Bonchev–Trinajstić information content (AvgIpc) is 3.13. The minimum absolute atomic E-state index is 0.0138. The van der Waals surface area contributed by atoms with Crippen molar-refractivity contribution in [2.75, 3.05) is 13.7 Å². The first kappa shape index (κ1) is 11.5. The number of rotatable bonds is 3. The van der Waals surface area contributed by atoms with Crippen LogP contribution in [0.15, 0.2) is 24.3 Å². The van der Waals surface area contributed by atoms with Gasteiger partial charge in [0.05, 0.1) is 7.11 Å². The van der Waals surface area contributed by atoms with Crippen molar-refractivity contribution in [2.45, 2.75) is 31.5 Å². The molecule has 0 aromatic heterocycles. The molecule has 1 aromatic carbocycles. The van der Waals surface area contributed by atoms with Gasteiger partial charge in [-0.15, -0.1) is 0 Å². The van der Waals surface area contributed by atoms with Gasteiger partial charge in [-0.1, -0.05) is 12.1 Å². The zero-order chi connectivity index (χ0) is 12.8. The summed E-state index contributed by atoms with van der Waals surface area (Å²) in [6.07, 6.45) is 1.91. The van der Waals surface area contributed by atoms with E-state index in [9.17, 15) is 4.79 Å². The molecule has 2 fully saturated rings. The molecule has 1 unspecified atom stereocenters. The van der Waals surface area contributed by atoms with Gasteiger partial charge in [-0.05, 0) is 37.5 Å². The summed E-state index contributed by atoms with van der Waals surface area (Å²) in [6, 6.07) is 7.92. The molecule has 0 radical (unpaired) electrons. The molecule has 1 saturated carbocycles. The quantitative estimate of drug-likeness (QED) is 0.882. The molecule has 1 atom stereocenters. The first-order valence-electron chi connectivity index (χ1n) is 6.43. The van der Waals surface area contributed by atoms with Crippen molar-refractivity contribution >= 4 is 5.91 Å². The lowest BCUT2D eigenvalue weighted by atomic mass is 10.1. The molecule has 1 N–H and O–H groups in total. The summed E-state index contributed by atoms with van der Waals surface area (Å²) in [5.41, 5.74) is 0.831. The number of likely N-dealkylation sites (N-methyl/N-ethyl adjacent to an activating group) is 1. The third kappa shape index (κ3) is 1.60. The second kappa shape index (κ2) is 3.99. The van der Waals surface area contributed by atoms with Crippen molar-refractivity contribution in [3.05, 3.63) is 29.8 Å². The topological polar surface area (TPSA) is 41.6 Å². The van der Waals surface area contributed by atoms with Crippen molar-refractivity contribution < 1.29 is 9.53 Å². The maximum Gasteiger partial charge on any atom is 0.244 e. The SMILES string of the molecule is CCN1C(=O)C2(CC2)NC1c1cccc(OC)c1. The van der Waals surface area contributed by atoms with Gasteiger partial charge in [0.1, 0.15) is 17.5 Å². The van der Waals surface area contributed by atoms with Gasteiger partial charge < -0.3 is 9.64 Å². The van der Waals surface area contributed by atoms with Crippen LogP contribution in [0.3, 0.4) is 0 Å². The van der Waals surface area contributed by atoms with E-state index in [1.807, 2.05) is 36.1 Å². The highest BCUT2D eigenvalue weighted by Crippen LogP contribution is 2.45. The van der Waals surface area contributed by atoms with Crippen LogP contribution in [0, 0.1) is 0 Å². The van der Waals surface area contributed by atoms with E-state index in [4.69, 9.17) is 4.74 Å². The number of hydrogen-bond acceptors (Lipinski definition) is 3. The van der Waals surface area contributed by atoms with Crippen LogP contribution < -0.4 is 10.1 Å². The molecular formula is C14H18N2O2. The van der Waals surface area contributed by atoms with E-state index >= 15 is 0 Å². The first-order chi connectivity index (χ1) is 8.70. The van der Waals surface area contributed by atoms with Gasteiger partial charge >= 0.3 is 0 Å². The summed E-state index contributed by atoms with van der Waals surface area (Å²) in [6.45, 7) is 2.75. The first-order valence-corrected chi connectivity index (χ1v) is 6.43. The average molecular weight is 246 g/mol. The zero-order valence-electron chi connectivity index (χ0n) is 10.8. The molecule has 1 aliphatic carbocycles. The zero-order valence-corrected chi connectivity index (χ0v) is 10.8. The van der Waals surface area contributed by atoms with E-state index in [2.05, 4.69) is 5.32 Å². The normalized spacial score (nSPS) is 24.7. The number of methoxy groups -OCH3 is 1. The number of carbonyl (C=O) groups excluding carboxylic acids is 1. The van der Waals surface area contributed by atoms with E-state index in [0.29, 0.717) is 0 Å². The Bertz CT molecular complexity index is 482. The van der Waals surface area contributed by atoms with Crippen LogP contribution in [0.4, 0.5) is 0 Å². The Morgan fingerprint density at radius 1 is 1.50 bits per heavy atom. The van der Waals surface area contributed by atoms with Crippen LogP contribution in [-0.4, -0.2) is 30.0 Å². The minimum Gasteiger partial charge on any atom is -0.497 e. The van der Waals surface area contributed by atoms with E-state index < -0.39 is 0 Å². The monoisotopic (exact) mass is 246 g/mol. The van der Waals surface area contributed by atoms with E-state index in [1.165, 1.54) is 0 Å². The maximum absolute atomic E-state index is 12.3. The van der Waals surface area contributed by atoms with Crippen LogP contribution in [0.25, 0.3) is 0 Å². The molecule has 0 bridgehead atoms. The standard InChI is InChI=1S/C14H18N2O2/c1-3-16-12(15-14(7-8-14)13(16)17)10-5-4-6-11(9-10)18-2/h4-6,9,12,15H,3,7-8H2,1-2H3. The number of ether oxygens (including phenoxy) is 1. The van der Waals surface area contributed by atoms with Crippen LogP contribution in [0.5, 0.6) is 5.75 Å². The number of nitrogens with zero attached hydrogens (tertiary/aromatic N) is 1. The molecule has 4 nitrogen and oxygen atoms in total. The largest absolute Gasteiger partial charge is 0.497 e. The lowest BCUT2D eigenvalue weighted by Gasteiger charge is -2.23. The van der Waals surface area contributed by atoms with Crippen LogP contribution in [-0.2, 0) is 4.79 Å². The number of benzene rings is 1. The highest BCUT2D eigenvalue weighted by Gasteiger charge is 2.58. The summed E-state index contributed by atoms with van der Waals surface area (Å²) < 4.78 is 5.25. The fourth-order valence-corrected chi connectivity index (χ4v) is 2.68. The second-order valence-electron chi connectivity index (χ2n) is 5.00. The number of carbonyl (C=O) groups is 1. The Labute approximate surface area is 107 Å². The molecule has 4 heteroatoms. The summed E-state index contributed by atoms with van der Waals surface area (Å²) in [7, 11) is 1.66. The molecule has 1 aromatic rings. The van der Waals surface area contributed by atoms with Gasteiger partial charge in [0.25, 0.3) is 0 Å². The minimum atomic E-state index is -0.260. The van der Waals surface area contributed by atoms with Crippen LogP contribution in [0.2, 0.25) is 0 Å². The van der Waals surface area contributed by atoms with E-state index in [1.54, 1.807) is 7.11 Å². The highest BCUT2D eigenvalue weighted by atomic mass is 16.5. The summed E-state index contributed by atoms with van der Waals surface area (Å²) in [5, 5.41) is 3.48. The number of hydrogen-bond donors (Lipinski definition) is 1. The number of amides is 1. The molecule has 2 aliphatic rings. The van der Waals surface area contributed by atoms with Gasteiger partial charge in [0, 0.05) is 6.54 Å². The Morgan fingerprint density at radius 3 is 2.89 bits per heavy atom. The van der Waals surface area contributed by atoms with Crippen molar-refractivity contribution in [3.8, 4) is 5.75 Å². The molecule has 3 rings (SSSR count). The van der Waals surface area contributed by atoms with Crippen molar-refractivity contribution in [3.63, 3.8) is 0 Å². The second-order valence-corrected chi connectivity index (χ2v) is 5.00. The third-order valence-electron chi connectivity index (χ3n) is 3.90. The molecule has 18 heavy (non-hydrogen) atoms. The van der Waals surface area contributed by atoms with Crippen LogP contribution in [0.1, 0.15) is 31.5 Å². The summed E-state index contributed by atoms with van der Waals surface area (Å²) in [5.74, 6) is 1.08. The van der Waals surface area contributed by atoms with Gasteiger partial charge in [-0.25, -0.2) is 0 Å². The molecule has 96 valence electrons. The molecule has 1 heterocycles. The molecular weight excluding hydrogens is 228 g/mol. The predicted octanol–water partition coefficient (Wildman–Crippen LogP) is 1.68. The summed E-state index contributed by atoms with van der Waals surface area (Å²) >= 11 is 0. The van der Waals surface area contributed by atoms with E-state index in [-0.39, 0.29) is 17.6 Å². The Kier molecular flexibility index (Phi) is 2.55. The van der Waals surface area contributed by atoms with Crippen molar-refractivity contribution in [1.82, 2.24) is 10.2 Å². The van der Waals surface area contributed by atoms with Gasteiger partial charge in [0.2, 0.25) is 5.91 Å². The van der Waals surface area contributed by atoms with Gasteiger partial charge in [-0.3, -0.25) is 10.1 Å². The number of nitrogens with one attached hydrogen (secondary N) is 1. The fourth-order valence-electron chi connectivity index (χ4n) is 2.68. The van der Waals surface area contributed by atoms with E-state index in [0.717, 1.165) is 30.7 Å². The molecule has 1 spiro atoms. The lowest BCUT2D eigenvalue weighted by Crippen LogP contribution is -2.32.